The van der Waals surface area contributed by atoms with Gasteiger partial charge in [0.1, 0.15) is 18.5 Å². The predicted molar refractivity (Wildman–Crippen MR) is 94.9 cm³/mol. The fourth-order valence-corrected chi connectivity index (χ4v) is 2.52. The number of halogens is 5. The van der Waals surface area contributed by atoms with E-state index in [0.717, 1.165) is 24.3 Å². The Labute approximate surface area is 161 Å². The summed E-state index contributed by atoms with van der Waals surface area (Å²) in [6.07, 6.45) is -2.12. The number of benzene rings is 2. The van der Waals surface area contributed by atoms with Crippen LogP contribution in [0.25, 0.3) is 5.69 Å². The standard InChI is InChI=1S/C17H12ClF4N5O/c18-11-2-3-12(19)13(6-11)24-7-16(28)26-14-5-10(17(20,21)22)1-4-15(14)27-9-23-8-25-27/h1-6,8-9,24H,7H2,(H,26,28). The predicted octanol–water partition coefficient (Wildman–Crippen LogP) is 4.13. The fraction of sp³-hybridized carbons (Fsp3) is 0.118. The molecule has 1 aromatic heterocycles. The Bertz CT molecular complexity index is 992. The lowest BCUT2D eigenvalue weighted by Crippen LogP contribution is -2.23. The lowest BCUT2D eigenvalue weighted by molar-refractivity contribution is -0.137. The SMILES string of the molecule is O=C(CNc1cc(Cl)ccc1F)Nc1cc(C(F)(F)F)ccc1-n1cncn1. The number of carbonyl (C=O) groups excluding carboxylic acids is 1. The van der Waals surface area contributed by atoms with E-state index in [1.807, 2.05) is 0 Å². The molecule has 0 aliphatic heterocycles. The Kier molecular flexibility index (Phi) is 5.50. The van der Waals surface area contributed by atoms with Gasteiger partial charge < -0.3 is 10.6 Å². The maximum Gasteiger partial charge on any atom is 0.416 e. The van der Waals surface area contributed by atoms with Crippen molar-refractivity contribution in [2.75, 3.05) is 17.2 Å². The summed E-state index contributed by atoms with van der Waals surface area (Å²) in [5.74, 6) is -1.32. The second-order valence-corrected chi connectivity index (χ2v) is 6.03. The molecule has 0 radical (unpaired) electrons. The van der Waals surface area contributed by atoms with Crippen molar-refractivity contribution in [3.05, 3.63) is 65.5 Å². The molecule has 2 N–H and O–H groups in total. The highest BCUT2D eigenvalue weighted by molar-refractivity contribution is 6.30. The molecule has 3 rings (SSSR count). The van der Waals surface area contributed by atoms with E-state index in [4.69, 9.17) is 11.6 Å². The molecule has 146 valence electrons. The summed E-state index contributed by atoms with van der Waals surface area (Å²) >= 11 is 5.77. The zero-order valence-electron chi connectivity index (χ0n) is 14.0. The number of nitrogens with one attached hydrogen (secondary N) is 2. The lowest BCUT2D eigenvalue weighted by Gasteiger charge is -2.15. The van der Waals surface area contributed by atoms with Crippen LogP contribution in [0.3, 0.4) is 0 Å². The minimum absolute atomic E-state index is 0.0109. The van der Waals surface area contributed by atoms with Gasteiger partial charge in [-0.1, -0.05) is 11.6 Å². The average Bonchev–Trinajstić information content (AvgIpc) is 3.16. The summed E-state index contributed by atoms with van der Waals surface area (Å²) in [6, 6.07) is 6.57. The molecule has 0 unspecified atom stereocenters. The van der Waals surface area contributed by atoms with Gasteiger partial charge in [-0.3, -0.25) is 4.79 Å². The Morgan fingerprint density at radius 3 is 2.61 bits per heavy atom. The Hall–Kier alpha value is -3.14. The van der Waals surface area contributed by atoms with Crippen LogP contribution in [0.15, 0.2) is 49.1 Å². The molecule has 1 amide bonds. The van der Waals surface area contributed by atoms with E-state index in [9.17, 15) is 22.4 Å². The summed E-state index contributed by atoms with van der Waals surface area (Å²) in [5.41, 5.74) is -0.893. The summed E-state index contributed by atoms with van der Waals surface area (Å²) in [7, 11) is 0. The van der Waals surface area contributed by atoms with Crippen LogP contribution in [-0.2, 0) is 11.0 Å². The summed E-state index contributed by atoms with van der Waals surface area (Å²) in [4.78, 5) is 15.9. The van der Waals surface area contributed by atoms with Crippen LogP contribution in [-0.4, -0.2) is 27.2 Å². The number of rotatable bonds is 5. The first-order valence-corrected chi connectivity index (χ1v) is 8.17. The molecule has 3 aromatic rings. The highest BCUT2D eigenvalue weighted by Gasteiger charge is 2.31. The van der Waals surface area contributed by atoms with E-state index < -0.39 is 30.0 Å². The van der Waals surface area contributed by atoms with Crippen molar-refractivity contribution < 1.29 is 22.4 Å². The topological polar surface area (TPSA) is 71.8 Å². The van der Waals surface area contributed by atoms with Gasteiger partial charge in [0.2, 0.25) is 5.91 Å². The molecule has 0 saturated heterocycles. The fourth-order valence-electron chi connectivity index (χ4n) is 2.35. The van der Waals surface area contributed by atoms with Gasteiger partial charge in [0.05, 0.1) is 29.2 Å². The number of carbonyl (C=O) groups is 1. The Morgan fingerprint density at radius 1 is 1.14 bits per heavy atom. The molecule has 0 fully saturated rings. The number of hydrogen-bond donors (Lipinski definition) is 2. The van der Waals surface area contributed by atoms with Crippen molar-refractivity contribution in [1.82, 2.24) is 14.8 Å². The van der Waals surface area contributed by atoms with E-state index in [-0.39, 0.29) is 22.1 Å². The Morgan fingerprint density at radius 2 is 1.93 bits per heavy atom. The molecule has 0 spiro atoms. The molecule has 0 bridgehead atoms. The average molecular weight is 414 g/mol. The number of anilines is 2. The minimum Gasteiger partial charge on any atom is -0.374 e. The number of hydrogen-bond acceptors (Lipinski definition) is 4. The molecule has 0 aliphatic carbocycles. The summed E-state index contributed by atoms with van der Waals surface area (Å²) in [5, 5.41) is 9.03. The molecule has 1 heterocycles. The van der Waals surface area contributed by atoms with Crippen LogP contribution in [0.5, 0.6) is 0 Å². The van der Waals surface area contributed by atoms with Crippen LogP contribution in [0.2, 0.25) is 5.02 Å². The first-order chi connectivity index (χ1) is 13.2. The third-order valence-corrected chi connectivity index (χ3v) is 3.87. The van der Waals surface area contributed by atoms with E-state index in [0.29, 0.717) is 0 Å². The number of amides is 1. The van der Waals surface area contributed by atoms with E-state index in [1.165, 1.54) is 29.5 Å². The lowest BCUT2D eigenvalue weighted by atomic mass is 10.1. The van der Waals surface area contributed by atoms with Crippen LogP contribution in [0, 0.1) is 5.82 Å². The molecule has 0 saturated carbocycles. The summed E-state index contributed by atoms with van der Waals surface area (Å²) < 4.78 is 53.9. The zero-order chi connectivity index (χ0) is 20.3. The van der Waals surface area contributed by atoms with Crippen LogP contribution < -0.4 is 10.6 Å². The van der Waals surface area contributed by atoms with Gasteiger partial charge >= 0.3 is 6.18 Å². The van der Waals surface area contributed by atoms with E-state index in [2.05, 4.69) is 20.7 Å². The molecule has 28 heavy (non-hydrogen) atoms. The molecule has 0 atom stereocenters. The third kappa shape index (κ3) is 4.58. The third-order valence-electron chi connectivity index (χ3n) is 3.63. The van der Waals surface area contributed by atoms with Crippen molar-refractivity contribution in [3.8, 4) is 5.69 Å². The van der Waals surface area contributed by atoms with Crippen molar-refractivity contribution in [2.24, 2.45) is 0 Å². The van der Waals surface area contributed by atoms with Gasteiger partial charge in [0.25, 0.3) is 0 Å². The zero-order valence-corrected chi connectivity index (χ0v) is 14.7. The number of aromatic nitrogens is 3. The summed E-state index contributed by atoms with van der Waals surface area (Å²) in [6.45, 7) is -0.399. The molecule has 11 heteroatoms. The Balaban J connectivity index is 1.81. The molecule has 2 aromatic carbocycles. The molecular weight excluding hydrogens is 402 g/mol. The second kappa shape index (κ2) is 7.85. The van der Waals surface area contributed by atoms with Crippen molar-refractivity contribution >= 4 is 28.9 Å². The van der Waals surface area contributed by atoms with Crippen molar-refractivity contribution in [3.63, 3.8) is 0 Å². The van der Waals surface area contributed by atoms with E-state index >= 15 is 0 Å². The number of nitrogens with zero attached hydrogens (tertiary/aromatic N) is 3. The monoisotopic (exact) mass is 413 g/mol. The van der Waals surface area contributed by atoms with Crippen LogP contribution >= 0.6 is 11.6 Å². The molecule has 6 nitrogen and oxygen atoms in total. The van der Waals surface area contributed by atoms with Gasteiger partial charge in [-0.2, -0.15) is 18.3 Å². The van der Waals surface area contributed by atoms with Gasteiger partial charge in [-0.05, 0) is 36.4 Å². The minimum atomic E-state index is -4.59. The van der Waals surface area contributed by atoms with E-state index in [1.54, 1.807) is 0 Å². The first kappa shape index (κ1) is 19.6. The van der Waals surface area contributed by atoms with Gasteiger partial charge in [-0.25, -0.2) is 14.1 Å². The smallest absolute Gasteiger partial charge is 0.374 e. The highest BCUT2D eigenvalue weighted by atomic mass is 35.5. The van der Waals surface area contributed by atoms with Gasteiger partial charge in [0, 0.05) is 5.02 Å². The van der Waals surface area contributed by atoms with Gasteiger partial charge in [0.15, 0.2) is 0 Å². The maximum atomic E-state index is 13.7. The highest BCUT2D eigenvalue weighted by Crippen LogP contribution is 2.33. The number of alkyl halides is 3. The quantitative estimate of drug-likeness (QED) is 0.617. The van der Waals surface area contributed by atoms with Crippen molar-refractivity contribution in [1.29, 1.82) is 0 Å². The van der Waals surface area contributed by atoms with Crippen molar-refractivity contribution in [2.45, 2.75) is 6.18 Å². The largest absolute Gasteiger partial charge is 0.416 e. The van der Waals surface area contributed by atoms with Gasteiger partial charge in [-0.15, -0.1) is 0 Å². The van der Waals surface area contributed by atoms with Crippen LogP contribution in [0.1, 0.15) is 5.56 Å². The first-order valence-electron chi connectivity index (χ1n) is 7.79. The maximum absolute atomic E-state index is 13.7. The normalized spacial score (nSPS) is 11.3. The second-order valence-electron chi connectivity index (χ2n) is 5.60. The molecular formula is C17H12ClF4N5O. The molecule has 0 aliphatic rings. The van der Waals surface area contributed by atoms with Crippen LogP contribution in [0.4, 0.5) is 28.9 Å².